The Bertz CT molecular complexity index is 886. The van der Waals surface area contributed by atoms with E-state index >= 15 is 0 Å². The second-order valence-electron chi connectivity index (χ2n) is 7.25. The molecule has 5 nitrogen and oxygen atoms in total. The van der Waals surface area contributed by atoms with E-state index in [4.69, 9.17) is 4.74 Å². The van der Waals surface area contributed by atoms with E-state index < -0.39 is 17.6 Å². The molecule has 0 bridgehead atoms. The van der Waals surface area contributed by atoms with Gasteiger partial charge in [0.25, 0.3) is 0 Å². The fourth-order valence-electron chi connectivity index (χ4n) is 5.36. The minimum Gasteiger partial charge on any atom is -0.427 e. The number of nitrogens with one attached hydrogen (secondary N) is 1. The number of aromatic amines is 1. The zero-order chi connectivity index (χ0) is 16.5. The molecule has 5 rings (SSSR count). The van der Waals surface area contributed by atoms with E-state index in [0.29, 0.717) is 6.54 Å². The lowest BCUT2D eigenvalue weighted by Crippen LogP contribution is -2.61. The number of hydrogen-bond acceptors (Lipinski definition) is 3. The number of carbonyl (C=O) groups is 2. The molecule has 1 amide bonds. The summed E-state index contributed by atoms with van der Waals surface area (Å²) in [5, 5.41) is 1.07. The van der Waals surface area contributed by atoms with Crippen molar-refractivity contribution in [3.8, 4) is 0 Å². The van der Waals surface area contributed by atoms with E-state index in [9.17, 15) is 9.59 Å². The van der Waals surface area contributed by atoms with Crippen molar-refractivity contribution in [2.45, 2.75) is 44.8 Å². The van der Waals surface area contributed by atoms with Crippen LogP contribution in [-0.2, 0) is 26.5 Å². The van der Waals surface area contributed by atoms with E-state index in [-0.39, 0.29) is 5.41 Å². The Balaban J connectivity index is 1.89. The van der Waals surface area contributed by atoms with Crippen LogP contribution in [0.15, 0.2) is 24.3 Å². The summed E-state index contributed by atoms with van der Waals surface area (Å²) in [6.45, 7) is 2.74. The van der Waals surface area contributed by atoms with Crippen molar-refractivity contribution >= 4 is 22.8 Å². The number of esters is 1. The number of rotatable bonds is 1. The monoisotopic (exact) mass is 324 g/mol. The summed E-state index contributed by atoms with van der Waals surface area (Å²) in [5.41, 5.74) is 2.05. The van der Waals surface area contributed by atoms with Crippen LogP contribution in [0.1, 0.15) is 43.9 Å². The van der Waals surface area contributed by atoms with Gasteiger partial charge in [0, 0.05) is 34.1 Å². The molecule has 1 spiro atoms. The lowest BCUT2D eigenvalue weighted by molar-refractivity contribution is -0.216. The predicted molar refractivity (Wildman–Crippen MR) is 88.1 cm³/mol. The van der Waals surface area contributed by atoms with Crippen molar-refractivity contribution in [1.29, 1.82) is 0 Å². The maximum atomic E-state index is 12.6. The number of amides is 1. The highest BCUT2D eigenvalue weighted by Gasteiger charge is 2.68. The normalized spacial score (nSPS) is 31.6. The van der Waals surface area contributed by atoms with Crippen LogP contribution in [0.4, 0.5) is 0 Å². The Kier molecular flexibility index (Phi) is 2.58. The molecule has 5 heteroatoms. The van der Waals surface area contributed by atoms with Crippen LogP contribution in [0.5, 0.6) is 0 Å². The highest BCUT2D eigenvalue weighted by atomic mass is 16.6. The van der Waals surface area contributed by atoms with Gasteiger partial charge >= 0.3 is 11.9 Å². The summed E-state index contributed by atoms with van der Waals surface area (Å²) in [5.74, 6) is -1.18. The first-order chi connectivity index (χ1) is 11.6. The Morgan fingerprint density at radius 2 is 2.08 bits per heavy atom. The van der Waals surface area contributed by atoms with Crippen molar-refractivity contribution in [2.75, 3.05) is 6.54 Å². The number of fused-ring (bicyclic) bond motifs is 3. The zero-order valence-corrected chi connectivity index (χ0v) is 13.7. The molecule has 2 saturated heterocycles. The Labute approximate surface area is 140 Å². The van der Waals surface area contributed by atoms with Gasteiger partial charge in [-0.15, -0.1) is 0 Å². The summed E-state index contributed by atoms with van der Waals surface area (Å²) in [7, 11) is 0. The SMILES string of the molecule is CCC12CCCN3C(=O)C(=O)OC31c1c([nH]c3ccccc13)CC2. The second-order valence-corrected chi connectivity index (χ2v) is 7.25. The average Bonchev–Trinajstić information content (AvgIpc) is 3.10. The van der Waals surface area contributed by atoms with E-state index in [0.717, 1.165) is 54.3 Å². The van der Waals surface area contributed by atoms with Gasteiger partial charge in [0.1, 0.15) is 0 Å². The molecule has 0 radical (unpaired) electrons. The van der Waals surface area contributed by atoms with Crippen molar-refractivity contribution in [3.63, 3.8) is 0 Å². The maximum Gasteiger partial charge on any atom is 0.399 e. The van der Waals surface area contributed by atoms with Crippen LogP contribution in [0.2, 0.25) is 0 Å². The highest BCUT2D eigenvalue weighted by molar-refractivity contribution is 6.34. The van der Waals surface area contributed by atoms with Gasteiger partial charge in [-0.2, -0.15) is 0 Å². The van der Waals surface area contributed by atoms with E-state index in [1.54, 1.807) is 4.90 Å². The number of nitrogens with zero attached hydrogens (tertiary/aromatic N) is 1. The third-order valence-electron chi connectivity index (χ3n) is 6.45. The van der Waals surface area contributed by atoms with Gasteiger partial charge in [-0.25, -0.2) is 4.79 Å². The lowest BCUT2D eigenvalue weighted by atomic mass is 9.60. The summed E-state index contributed by atoms with van der Waals surface area (Å²) in [6, 6.07) is 8.11. The molecule has 3 aliphatic rings. The quantitative estimate of drug-likeness (QED) is 0.648. The highest BCUT2D eigenvalue weighted by Crippen LogP contribution is 2.62. The summed E-state index contributed by atoms with van der Waals surface area (Å²) in [6.07, 6.45) is 4.66. The molecule has 2 fully saturated rings. The number of piperidine rings is 1. The first-order valence-electron chi connectivity index (χ1n) is 8.78. The number of benzene rings is 1. The number of H-pyrrole nitrogens is 1. The minimum absolute atomic E-state index is 0.189. The van der Waals surface area contributed by atoms with Crippen molar-refractivity contribution in [2.24, 2.45) is 5.41 Å². The third-order valence-corrected chi connectivity index (χ3v) is 6.45. The first-order valence-corrected chi connectivity index (χ1v) is 8.78. The average molecular weight is 324 g/mol. The van der Waals surface area contributed by atoms with Gasteiger partial charge in [-0.3, -0.25) is 9.69 Å². The van der Waals surface area contributed by atoms with Crippen LogP contribution in [0.3, 0.4) is 0 Å². The molecule has 1 aromatic carbocycles. The fourth-order valence-corrected chi connectivity index (χ4v) is 5.36. The van der Waals surface area contributed by atoms with Crippen LogP contribution >= 0.6 is 0 Å². The second kappa shape index (κ2) is 4.41. The molecule has 0 saturated carbocycles. The molecule has 1 aromatic heterocycles. The van der Waals surface area contributed by atoms with Gasteiger partial charge in [0.2, 0.25) is 5.72 Å². The molecule has 24 heavy (non-hydrogen) atoms. The molecule has 1 N–H and O–H groups in total. The number of hydrogen-bond donors (Lipinski definition) is 1. The molecule has 2 aromatic rings. The molecular weight excluding hydrogens is 304 g/mol. The van der Waals surface area contributed by atoms with Crippen LogP contribution in [-0.4, -0.2) is 28.3 Å². The predicted octanol–water partition coefficient (Wildman–Crippen LogP) is 2.84. The maximum absolute atomic E-state index is 12.6. The van der Waals surface area contributed by atoms with Crippen LogP contribution < -0.4 is 0 Å². The van der Waals surface area contributed by atoms with Gasteiger partial charge < -0.3 is 9.72 Å². The molecule has 3 heterocycles. The smallest absolute Gasteiger partial charge is 0.399 e. The van der Waals surface area contributed by atoms with E-state index in [1.165, 1.54) is 0 Å². The fraction of sp³-hybridized carbons (Fsp3) is 0.474. The standard InChI is InChI=1S/C19H20N2O3/c1-2-18-9-5-11-21-16(22)17(23)24-19(18,21)15-12-6-3-4-7-13(12)20-14(15)8-10-18/h3-4,6-7,20H,2,5,8-11H2,1H3. The van der Waals surface area contributed by atoms with Crippen molar-refractivity contribution in [1.82, 2.24) is 9.88 Å². The molecule has 124 valence electrons. The summed E-state index contributed by atoms with van der Waals surface area (Å²) < 4.78 is 5.97. The molecule has 1 aliphatic carbocycles. The minimum atomic E-state index is -0.929. The van der Waals surface area contributed by atoms with Gasteiger partial charge in [-0.1, -0.05) is 25.1 Å². The summed E-state index contributed by atoms with van der Waals surface area (Å²) >= 11 is 0. The summed E-state index contributed by atoms with van der Waals surface area (Å²) in [4.78, 5) is 30.1. The van der Waals surface area contributed by atoms with Gasteiger partial charge in [0.05, 0.1) is 0 Å². The van der Waals surface area contributed by atoms with Crippen molar-refractivity contribution < 1.29 is 14.3 Å². The molecule has 2 unspecified atom stereocenters. The number of ether oxygens (including phenoxy) is 1. The number of aryl methyl sites for hydroxylation is 1. The lowest BCUT2D eigenvalue weighted by Gasteiger charge is -2.56. The number of carbonyl (C=O) groups excluding carboxylic acids is 2. The van der Waals surface area contributed by atoms with Gasteiger partial charge in [0.15, 0.2) is 0 Å². The Morgan fingerprint density at radius 3 is 2.92 bits per heavy atom. The molecule has 2 atom stereocenters. The molecule has 2 aliphatic heterocycles. The largest absolute Gasteiger partial charge is 0.427 e. The Hall–Kier alpha value is -2.30. The number of para-hydroxylation sites is 1. The molecular formula is C19H20N2O3. The van der Waals surface area contributed by atoms with Crippen LogP contribution in [0, 0.1) is 5.41 Å². The third kappa shape index (κ3) is 1.38. The van der Waals surface area contributed by atoms with E-state index in [2.05, 4.69) is 18.0 Å². The van der Waals surface area contributed by atoms with Crippen molar-refractivity contribution in [3.05, 3.63) is 35.5 Å². The number of aromatic nitrogens is 1. The Morgan fingerprint density at radius 1 is 1.25 bits per heavy atom. The topological polar surface area (TPSA) is 62.4 Å². The zero-order valence-electron chi connectivity index (χ0n) is 13.7. The van der Waals surface area contributed by atoms with Gasteiger partial charge in [-0.05, 0) is 38.2 Å². The van der Waals surface area contributed by atoms with E-state index in [1.807, 2.05) is 18.2 Å². The van der Waals surface area contributed by atoms with Crippen LogP contribution in [0.25, 0.3) is 10.9 Å². The first kappa shape index (κ1) is 14.1.